The molecule has 0 atom stereocenters. The van der Waals surface area contributed by atoms with E-state index in [0.717, 1.165) is 24.2 Å². The van der Waals surface area contributed by atoms with E-state index in [0.29, 0.717) is 17.9 Å². The highest BCUT2D eigenvalue weighted by molar-refractivity contribution is 5.89. The van der Waals surface area contributed by atoms with Gasteiger partial charge in [-0.3, -0.25) is 4.79 Å². The molecule has 5 nitrogen and oxygen atoms in total. The fraction of sp³-hybridized carbons (Fsp3) is 0.200. The molecule has 0 bridgehead atoms. The molecule has 0 N–H and O–H groups in total. The van der Waals surface area contributed by atoms with Gasteiger partial charge in [0.15, 0.2) is 0 Å². The maximum atomic E-state index is 12.1. The Bertz CT molecular complexity index is 947. The molecular weight excluding hydrogens is 380 g/mol. The summed E-state index contributed by atoms with van der Waals surface area (Å²) in [7, 11) is 1.59. The van der Waals surface area contributed by atoms with E-state index in [2.05, 4.69) is 12.1 Å². The topological polar surface area (TPSA) is 61.8 Å². The molecule has 0 saturated heterocycles. The number of esters is 2. The molecule has 0 aliphatic carbocycles. The molecule has 0 aliphatic rings. The van der Waals surface area contributed by atoms with Crippen molar-refractivity contribution >= 4 is 11.9 Å². The molecule has 0 unspecified atom stereocenters. The lowest BCUT2D eigenvalue weighted by Gasteiger charge is -2.07. The molecule has 3 aromatic carbocycles. The van der Waals surface area contributed by atoms with E-state index in [-0.39, 0.29) is 18.4 Å². The molecule has 0 amide bonds. The van der Waals surface area contributed by atoms with Crippen LogP contribution in [0.15, 0.2) is 78.9 Å². The van der Waals surface area contributed by atoms with E-state index in [4.69, 9.17) is 14.2 Å². The van der Waals surface area contributed by atoms with Crippen molar-refractivity contribution in [1.29, 1.82) is 0 Å². The second kappa shape index (κ2) is 10.8. The third-order valence-electron chi connectivity index (χ3n) is 4.51. The van der Waals surface area contributed by atoms with Gasteiger partial charge < -0.3 is 14.2 Å². The Kier molecular flexibility index (Phi) is 7.61. The molecule has 0 fully saturated rings. The average molecular weight is 404 g/mol. The van der Waals surface area contributed by atoms with Crippen LogP contribution in [0.2, 0.25) is 0 Å². The fourth-order valence-electron chi connectivity index (χ4n) is 2.91. The Balaban J connectivity index is 1.43. The van der Waals surface area contributed by atoms with Crippen molar-refractivity contribution in [3.63, 3.8) is 0 Å². The molecule has 0 spiro atoms. The van der Waals surface area contributed by atoms with Crippen molar-refractivity contribution in [2.75, 3.05) is 13.7 Å². The first-order chi connectivity index (χ1) is 14.6. The van der Waals surface area contributed by atoms with Crippen LogP contribution in [0.3, 0.4) is 0 Å². The number of methoxy groups -OCH3 is 1. The van der Waals surface area contributed by atoms with Gasteiger partial charge in [-0.15, -0.1) is 0 Å². The summed E-state index contributed by atoms with van der Waals surface area (Å²) in [4.78, 5) is 24.2. The lowest BCUT2D eigenvalue weighted by atomic mass is 10.1. The summed E-state index contributed by atoms with van der Waals surface area (Å²) in [5.74, 6) is 0.347. The number of hydrogen-bond donors (Lipinski definition) is 0. The standard InChI is InChI=1S/C25H24O5/c1-28-22-13-9-20(10-14-22)18-24(26)30-23-15-11-21(12-16-23)25(27)29-17-5-8-19-6-3-2-4-7-19/h2-4,6-7,9-16H,5,8,17-18H2,1H3. The van der Waals surface area contributed by atoms with Crippen LogP contribution in [-0.2, 0) is 22.4 Å². The van der Waals surface area contributed by atoms with E-state index in [1.807, 2.05) is 30.3 Å². The van der Waals surface area contributed by atoms with E-state index in [1.165, 1.54) is 5.56 Å². The predicted octanol–water partition coefficient (Wildman–Crippen LogP) is 4.63. The SMILES string of the molecule is COc1ccc(CC(=O)Oc2ccc(C(=O)OCCCc3ccccc3)cc2)cc1. The number of hydrogen-bond acceptors (Lipinski definition) is 5. The molecular formula is C25H24O5. The van der Waals surface area contributed by atoms with Crippen molar-refractivity contribution in [3.8, 4) is 11.5 Å². The van der Waals surface area contributed by atoms with Gasteiger partial charge in [-0.2, -0.15) is 0 Å². The number of ether oxygens (including phenoxy) is 3. The molecule has 0 heterocycles. The van der Waals surface area contributed by atoms with Crippen LogP contribution in [0, 0.1) is 0 Å². The van der Waals surface area contributed by atoms with Crippen LogP contribution >= 0.6 is 0 Å². The van der Waals surface area contributed by atoms with Gasteiger partial charge in [-0.05, 0) is 60.4 Å². The molecule has 0 saturated carbocycles. The molecule has 3 aromatic rings. The Morgan fingerprint density at radius 1 is 0.767 bits per heavy atom. The van der Waals surface area contributed by atoms with E-state index in [9.17, 15) is 9.59 Å². The third kappa shape index (κ3) is 6.48. The Morgan fingerprint density at radius 3 is 2.10 bits per heavy atom. The second-order valence-corrected chi connectivity index (χ2v) is 6.75. The molecule has 30 heavy (non-hydrogen) atoms. The van der Waals surface area contributed by atoms with Crippen LogP contribution in [0.4, 0.5) is 0 Å². The van der Waals surface area contributed by atoms with Gasteiger partial charge >= 0.3 is 11.9 Å². The third-order valence-corrected chi connectivity index (χ3v) is 4.51. The predicted molar refractivity (Wildman–Crippen MR) is 114 cm³/mol. The quantitative estimate of drug-likeness (QED) is 0.296. The summed E-state index contributed by atoms with van der Waals surface area (Å²) in [6.07, 6.45) is 1.77. The minimum Gasteiger partial charge on any atom is -0.497 e. The summed E-state index contributed by atoms with van der Waals surface area (Å²) in [6.45, 7) is 0.353. The van der Waals surface area contributed by atoms with Crippen molar-refractivity contribution in [2.24, 2.45) is 0 Å². The highest BCUT2D eigenvalue weighted by Crippen LogP contribution is 2.16. The maximum absolute atomic E-state index is 12.1. The Labute approximate surface area is 176 Å². The number of aryl methyl sites for hydroxylation is 1. The molecule has 154 valence electrons. The van der Waals surface area contributed by atoms with Gasteiger partial charge in [0.05, 0.1) is 25.7 Å². The monoisotopic (exact) mass is 404 g/mol. The lowest BCUT2D eigenvalue weighted by molar-refractivity contribution is -0.133. The zero-order chi connectivity index (χ0) is 21.2. The molecule has 0 aliphatic heterocycles. The van der Waals surface area contributed by atoms with E-state index in [1.54, 1.807) is 43.5 Å². The second-order valence-electron chi connectivity index (χ2n) is 6.75. The van der Waals surface area contributed by atoms with E-state index >= 15 is 0 Å². The first-order valence-electron chi connectivity index (χ1n) is 9.79. The summed E-state index contributed by atoms with van der Waals surface area (Å²) < 4.78 is 15.7. The number of benzene rings is 3. The smallest absolute Gasteiger partial charge is 0.338 e. The van der Waals surface area contributed by atoms with Gasteiger partial charge in [-0.1, -0.05) is 42.5 Å². The largest absolute Gasteiger partial charge is 0.497 e. The normalized spacial score (nSPS) is 10.3. The first kappa shape index (κ1) is 21.1. The summed E-state index contributed by atoms with van der Waals surface area (Å²) >= 11 is 0. The summed E-state index contributed by atoms with van der Waals surface area (Å²) in [5.41, 5.74) is 2.47. The lowest BCUT2D eigenvalue weighted by Crippen LogP contribution is -2.11. The molecule has 0 aromatic heterocycles. The number of rotatable bonds is 9. The van der Waals surface area contributed by atoms with Gasteiger partial charge in [0, 0.05) is 0 Å². The zero-order valence-corrected chi connectivity index (χ0v) is 16.9. The van der Waals surface area contributed by atoms with Crippen LogP contribution in [-0.4, -0.2) is 25.7 Å². The van der Waals surface area contributed by atoms with Crippen molar-refractivity contribution in [1.82, 2.24) is 0 Å². The van der Waals surface area contributed by atoms with Crippen LogP contribution in [0.25, 0.3) is 0 Å². The highest BCUT2D eigenvalue weighted by Gasteiger charge is 2.10. The highest BCUT2D eigenvalue weighted by atomic mass is 16.5. The van der Waals surface area contributed by atoms with Gasteiger partial charge in [0.2, 0.25) is 0 Å². The zero-order valence-electron chi connectivity index (χ0n) is 16.9. The maximum Gasteiger partial charge on any atom is 0.338 e. The minimum absolute atomic E-state index is 0.148. The van der Waals surface area contributed by atoms with Gasteiger partial charge in [-0.25, -0.2) is 4.79 Å². The van der Waals surface area contributed by atoms with Crippen LogP contribution in [0.5, 0.6) is 11.5 Å². The van der Waals surface area contributed by atoms with Crippen molar-refractivity contribution in [2.45, 2.75) is 19.3 Å². The number of carbonyl (C=O) groups is 2. The number of carbonyl (C=O) groups excluding carboxylic acids is 2. The first-order valence-corrected chi connectivity index (χ1v) is 9.79. The Hall–Kier alpha value is -3.60. The molecule has 0 radical (unpaired) electrons. The van der Waals surface area contributed by atoms with Crippen molar-refractivity contribution < 1.29 is 23.8 Å². The van der Waals surface area contributed by atoms with Gasteiger partial charge in [0.1, 0.15) is 11.5 Å². The van der Waals surface area contributed by atoms with Gasteiger partial charge in [0.25, 0.3) is 0 Å². The average Bonchev–Trinajstić information content (AvgIpc) is 2.78. The molecule has 5 heteroatoms. The van der Waals surface area contributed by atoms with Crippen LogP contribution in [0.1, 0.15) is 27.9 Å². The summed E-state index contributed by atoms with van der Waals surface area (Å²) in [5, 5.41) is 0. The fourth-order valence-corrected chi connectivity index (χ4v) is 2.91. The summed E-state index contributed by atoms with van der Waals surface area (Å²) in [6, 6.07) is 23.7. The molecule has 3 rings (SSSR count). The van der Waals surface area contributed by atoms with Crippen LogP contribution < -0.4 is 9.47 Å². The Morgan fingerprint density at radius 2 is 1.43 bits per heavy atom. The van der Waals surface area contributed by atoms with Crippen molar-refractivity contribution in [3.05, 3.63) is 95.6 Å². The van der Waals surface area contributed by atoms with E-state index < -0.39 is 0 Å². The minimum atomic E-state index is -0.390.